The molecule has 94 valence electrons. The van der Waals surface area contributed by atoms with Crippen LogP contribution in [0.3, 0.4) is 0 Å². The van der Waals surface area contributed by atoms with Crippen LogP contribution < -0.4 is 4.74 Å². The van der Waals surface area contributed by atoms with Gasteiger partial charge in [-0.15, -0.1) is 0 Å². The van der Waals surface area contributed by atoms with E-state index >= 15 is 0 Å². The highest BCUT2D eigenvalue weighted by Crippen LogP contribution is 2.24. The predicted molar refractivity (Wildman–Crippen MR) is 66.8 cm³/mol. The number of carbonyl (C=O) groups is 1. The summed E-state index contributed by atoms with van der Waals surface area (Å²) < 4.78 is 5.19. The van der Waals surface area contributed by atoms with Gasteiger partial charge in [0.05, 0.1) is 7.11 Å². The highest BCUT2D eigenvalue weighted by Gasteiger charge is 2.21. The normalized spacial score (nSPS) is 12.5. The van der Waals surface area contributed by atoms with Gasteiger partial charge in [0.1, 0.15) is 11.8 Å². The number of likely N-dealkylation sites (N-methyl/N-ethyl adjacent to an activating group) is 1. The van der Waals surface area contributed by atoms with Crippen molar-refractivity contribution in [1.29, 1.82) is 0 Å². The Hall–Kier alpha value is -1.26. The molecule has 1 atom stereocenters. The number of nitrogens with zero attached hydrogens (tertiary/aromatic N) is 1. The van der Waals surface area contributed by atoms with E-state index in [-0.39, 0.29) is 0 Å². The molecule has 0 bridgehead atoms. The van der Waals surface area contributed by atoms with Gasteiger partial charge >= 0.3 is 5.97 Å². The van der Waals surface area contributed by atoms with Crippen molar-refractivity contribution < 1.29 is 14.6 Å². The summed E-state index contributed by atoms with van der Waals surface area (Å²) in [5, 5.41) is 9.70. The quantitative estimate of drug-likeness (QED) is 0.875. The number of halogens is 1. The van der Waals surface area contributed by atoms with Crippen LogP contribution in [0.25, 0.3) is 0 Å². The molecule has 17 heavy (non-hydrogen) atoms. The van der Waals surface area contributed by atoms with E-state index in [0.717, 1.165) is 5.56 Å². The van der Waals surface area contributed by atoms with Gasteiger partial charge in [0.25, 0.3) is 0 Å². The Morgan fingerprint density at radius 1 is 1.53 bits per heavy atom. The molecular weight excluding hydrogens is 242 g/mol. The Bertz CT molecular complexity index is 407. The second-order valence-electron chi connectivity index (χ2n) is 3.98. The molecule has 0 aliphatic heterocycles. The van der Waals surface area contributed by atoms with Gasteiger partial charge in [0.15, 0.2) is 0 Å². The van der Waals surface area contributed by atoms with Gasteiger partial charge in [-0.2, -0.15) is 0 Å². The topological polar surface area (TPSA) is 49.8 Å². The van der Waals surface area contributed by atoms with Crippen molar-refractivity contribution in [3.63, 3.8) is 0 Å². The first kappa shape index (κ1) is 13.8. The first-order chi connectivity index (χ1) is 7.95. The van der Waals surface area contributed by atoms with E-state index < -0.39 is 12.0 Å². The maximum Gasteiger partial charge on any atom is 0.321 e. The SMILES string of the molecule is COc1ccc(Cl)cc1CC(C(=O)O)N(C)C. The fourth-order valence-corrected chi connectivity index (χ4v) is 1.80. The maximum atomic E-state index is 11.1. The Labute approximate surface area is 106 Å². The van der Waals surface area contributed by atoms with Gasteiger partial charge in [0.2, 0.25) is 0 Å². The summed E-state index contributed by atoms with van der Waals surface area (Å²) in [6.07, 6.45) is 0.353. The Balaban J connectivity index is 2.99. The molecule has 0 radical (unpaired) electrons. The first-order valence-electron chi connectivity index (χ1n) is 5.17. The standard InChI is InChI=1S/C12H16ClNO3/c1-14(2)10(12(15)16)7-8-6-9(13)4-5-11(8)17-3/h4-6,10H,7H2,1-3H3,(H,15,16). The molecule has 5 heteroatoms. The zero-order chi connectivity index (χ0) is 13.0. The minimum Gasteiger partial charge on any atom is -0.496 e. The van der Waals surface area contributed by atoms with Crippen LogP contribution in [-0.4, -0.2) is 43.2 Å². The fourth-order valence-electron chi connectivity index (χ4n) is 1.61. The summed E-state index contributed by atoms with van der Waals surface area (Å²) in [5.41, 5.74) is 0.793. The molecule has 1 rings (SSSR count). The molecule has 1 unspecified atom stereocenters. The van der Waals surface area contributed by atoms with E-state index in [4.69, 9.17) is 21.4 Å². The van der Waals surface area contributed by atoms with E-state index in [1.54, 1.807) is 44.3 Å². The number of carboxylic acid groups (broad SMARTS) is 1. The number of benzene rings is 1. The van der Waals surface area contributed by atoms with Crippen LogP contribution >= 0.6 is 11.6 Å². The third-order valence-corrected chi connectivity index (χ3v) is 2.80. The Morgan fingerprint density at radius 2 is 2.18 bits per heavy atom. The molecule has 0 heterocycles. The fraction of sp³-hybridized carbons (Fsp3) is 0.417. The van der Waals surface area contributed by atoms with Crippen molar-refractivity contribution in [1.82, 2.24) is 4.90 Å². The molecule has 0 spiro atoms. The van der Waals surface area contributed by atoms with E-state index in [2.05, 4.69) is 0 Å². The number of ether oxygens (including phenoxy) is 1. The molecule has 0 amide bonds. The highest BCUT2D eigenvalue weighted by molar-refractivity contribution is 6.30. The summed E-state index contributed by atoms with van der Waals surface area (Å²) in [4.78, 5) is 12.8. The van der Waals surface area contributed by atoms with E-state index in [1.807, 2.05) is 0 Å². The van der Waals surface area contributed by atoms with Crippen LogP contribution in [0.5, 0.6) is 5.75 Å². The van der Waals surface area contributed by atoms with E-state index in [9.17, 15) is 4.79 Å². The lowest BCUT2D eigenvalue weighted by atomic mass is 10.0. The Kier molecular flexibility index (Phi) is 4.78. The Morgan fingerprint density at radius 3 is 2.65 bits per heavy atom. The smallest absolute Gasteiger partial charge is 0.321 e. The van der Waals surface area contributed by atoms with Crippen LogP contribution in [0, 0.1) is 0 Å². The lowest BCUT2D eigenvalue weighted by molar-refractivity contribution is -0.142. The molecule has 0 aromatic heterocycles. The van der Waals surface area contributed by atoms with E-state index in [1.165, 1.54) is 0 Å². The van der Waals surface area contributed by atoms with Gasteiger partial charge in [-0.3, -0.25) is 9.69 Å². The summed E-state index contributed by atoms with van der Waals surface area (Å²) in [6.45, 7) is 0. The number of hydrogen-bond donors (Lipinski definition) is 1. The van der Waals surface area contributed by atoms with Gasteiger partial charge < -0.3 is 9.84 Å². The largest absolute Gasteiger partial charge is 0.496 e. The molecule has 0 fully saturated rings. The van der Waals surface area contributed by atoms with Crippen molar-refractivity contribution in [3.8, 4) is 5.75 Å². The van der Waals surface area contributed by atoms with Gasteiger partial charge in [0, 0.05) is 11.4 Å². The molecule has 0 saturated carbocycles. The number of rotatable bonds is 5. The van der Waals surface area contributed by atoms with Gasteiger partial charge in [-0.25, -0.2) is 0 Å². The second-order valence-corrected chi connectivity index (χ2v) is 4.41. The molecule has 4 nitrogen and oxygen atoms in total. The molecule has 0 aliphatic rings. The predicted octanol–water partition coefficient (Wildman–Crippen LogP) is 1.91. The van der Waals surface area contributed by atoms with Crippen molar-refractivity contribution in [2.45, 2.75) is 12.5 Å². The monoisotopic (exact) mass is 257 g/mol. The lowest BCUT2D eigenvalue weighted by Crippen LogP contribution is -2.37. The van der Waals surface area contributed by atoms with E-state index in [0.29, 0.717) is 17.2 Å². The number of hydrogen-bond acceptors (Lipinski definition) is 3. The molecule has 0 aliphatic carbocycles. The minimum atomic E-state index is -0.864. The highest BCUT2D eigenvalue weighted by atomic mass is 35.5. The summed E-state index contributed by atoms with van der Waals surface area (Å²) in [5.74, 6) is -0.209. The molecule has 1 aromatic rings. The average Bonchev–Trinajstić information content (AvgIpc) is 2.25. The van der Waals surface area contributed by atoms with Crippen LogP contribution in [0.2, 0.25) is 5.02 Å². The van der Waals surface area contributed by atoms with Gasteiger partial charge in [-0.1, -0.05) is 11.6 Å². The van der Waals surface area contributed by atoms with Crippen molar-refractivity contribution in [3.05, 3.63) is 28.8 Å². The van der Waals surface area contributed by atoms with Crippen molar-refractivity contribution >= 4 is 17.6 Å². The first-order valence-corrected chi connectivity index (χ1v) is 5.55. The van der Waals surface area contributed by atoms with Crippen LogP contribution in [-0.2, 0) is 11.2 Å². The lowest BCUT2D eigenvalue weighted by Gasteiger charge is -2.21. The number of carboxylic acids is 1. The zero-order valence-corrected chi connectivity index (χ0v) is 10.9. The van der Waals surface area contributed by atoms with Crippen LogP contribution in [0.4, 0.5) is 0 Å². The summed E-state index contributed by atoms with van der Waals surface area (Å²) in [7, 11) is 5.02. The van der Waals surface area contributed by atoms with Crippen LogP contribution in [0.1, 0.15) is 5.56 Å². The summed E-state index contributed by atoms with van der Waals surface area (Å²) in [6, 6.07) is 4.60. The van der Waals surface area contributed by atoms with Crippen molar-refractivity contribution in [2.24, 2.45) is 0 Å². The number of aliphatic carboxylic acids is 1. The van der Waals surface area contributed by atoms with Crippen molar-refractivity contribution in [2.75, 3.05) is 21.2 Å². The number of methoxy groups -OCH3 is 1. The molecule has 1 N–H and O–H groups in total. The second kappa shape index (κ2) is 5.89. The molecule has 0 saturated heterocycles. The summed E-state index contributed by atoms with van der Waals surface area (Å²) >= 11 is 5.90. The maximum absolute atomic E-state index is 11.1. The third-order valence-electron chi connectivity index (χ3n) is 2.56. The van der Waals surface area contributed by atoms with Crippen LogP contribution in [0.15, 0.2) is 18.2 Å². The van der Waals surface area contributed by atoms with Gasteiger partial charge in [-0.05, 0) is 37.9 Å². The zero-order valence-electron chi connectivity index (χ0n) is 10.1. The molecular formula is C12H16ClNO3. The minimum absolute atomic E-state index is 0.353. The average molecular weight is 258 g/mol. The third kappa shape index (κ3) is 3.61. The molecule has 1 aromatic carbocycles.